The lowest BCUT2D eigenvalue weighted by Crippen LogP contribution is -2.19. The summed E-state index contributed by atoms with van der Waals surface area (Å²) in [6.07, 6.45) is 1.38. The molecular formula is C20H20ClN5O3. The minimum atomic E-state index is -0.473. The Morgan fingerprint density at radius 3 is 2.45 bits per heavy atom. The highest BCUT2D eigenvalue weighted by atomic mass is 35.5. The Kier molecular flexibility index (Phi) is 5.56. The third-order valence-corrected chi connectivity index (χ3v) is 4.96. The number of nitro benzene ring substituents is 1. The summed E-state index contributed by atoms with van der Waals surface area (Å²) in [6.45, 7) is 1.78. The van der Waals surface area contributed by atoms with Crippen molar-refractivity contribution >= 4 is 34.9 Å². The van der Waals surface area contributed by atoms with Crippen LogP contribution in [-0.4, -0.2) is 34.6 Å². The van der Waals surface area contributed by atoms with E-state index < -0.39 is 4.92 Å². The topological polar surface area (TPSA) is 85.7 Å². The molecule has 2 aromatic carbocycles. The van der Waals surface area contributed by atoms with Gasteiger partial charge in [-0.05, 0) is 25.1 Å². The van der Waals surface area contributed by atoms with Gasteiger partial charge in [0.1, 0.15) is 5.69 Å². The smallest absolute Gasteiger partial charge is 0.297 e. The summed E-state index contributed by atoms with van der Waals surface area (Å²) >= 11 is 6.30. The van der Waals surface area contributed by atoms with Crippen molar-refractivity contribution in [2.45, 2.75) is 6.92 Å². The van der Waals surface area contributed by atoms with Gasteiger partial charge in [0.05, 0.1) is 21.3 Å². The van der Waals surface area contributed by atoms with E-state index in [-0.39, 0.29) is 16.9 Å². The van der Waals surface area contributed by atoms with Crippen LogP contribution in [0, 0.1) is 17.0 Å². The second-order valence-corrected chi connectivity index (χ2v) is 7.09. The summed E-state index contributed by atoms with van der Waals surface area (Å²) in [5, 5.41) is 11.7. The highest BCUT2D eigenvalue weighted by molar-refractivity contribution is 6.33. The maximum Gasteiger partial charge on any atom is 0.297 e. The van der Waals surface area contributed by atoms with Crippen molar-refractivity contribution in [1.82, 2.24) is 9.36 Å². The molecule has 0 aliphatic heterocycles. The van der Waals surface area contributed by atoms with Crippen LogP contribution >= 0.6 is 11.6 Å². The van der Waals surface area contributed by atoms with Gasteiger partial charge in [-0.25, -0.2) is 9.67 Å². The molecule has 3 rings (SSSR count). The van der Waals surface area contributed by atoms with Crippen LogP contribution in [0.3, 0.4) is 0 Å². The predicted octanol–water partition coefficient (Wildman–Crippen LogP) is 3.86. The van der Waals surface area contributed by atoms with E-state index in [4.69, 9.17) is 11.6 Å². The van der Waals surface area contributed by atoms with E-state index in [2.05, 4.69) is 4.99 Å². The molecule has 0 saturated carbocycles. The number of para-hydroxylation sites is 1. The van der Waals surface area contributed by atoms with Gasteiger partial charge in [0.25, 0.3) is 11.2 Å². The van der Waals surface area contributed by atoms with Crippen molar-refractivity contribution in [1.29, 1.82) is 0 Å². The van der Waals surface area contributed by atoms with Crippen molar-refractivity contribution in [3.63, 3.8) is 0 Å². The van der Waals surface area contributed by atoms with E-state index in [0.717, 1.165) is 0 Å². The number of aliphatic imine (C=N–C) groups is 1. The van der Waals surface area contributed by atoms with Gasteiger partial charge in [0.2, 0.25) is 0 Å². The summed E-state index contributed by atoms with van der Waals surface area (Å²) < 4.78 is 3.23. The molecule has 0 radical (unpaired) electrons. The Morgan fingerprint density at radius 2 is 1.86 bits per heavy atom. The number of rotatable bonds is 5. The fourth-order valence-electron chi connectivity index (χ4n) is 3.01. The van der Waals surface area contributed by atoms with Gasteiger partial charge in [-0.3, -0.25) is 19.6 Å². The normalized spacial score (nSPS) is 11.2. The molecule has 0 N–H and O–H groups in total. The Morgan fingerprint density at radius 1 is 1.21 bits per heavy atom. The van der Waals surface area contributed by atoms with Gasteiger partial charge in [0.15, 0.2) is 5.69 Å². The van der Waals surface area contributed by atoms with Crippen molar-refractivity contribution in [3.8, 4) is 5.69 Å². The van der Waals surface area contributed by atoms with Gasteiger partial charge in [-0.2, -0.15) is 0 Å². The lowest BCUT2D eigenvalue weighted by Gasteiger charge is -2.13. The second-order valence-electron chi connectivity index (χ2n) is 6.68. The maximum atomic E-state index is 12.9. The van der Waals surface area contributed by atoms with Crippen LogP contribution in [0.5, 0.6) is 0 Å². The molecule has 0 saturated heterocycles. The summed E-state index contributed by atoms with van der Waals surface area (Å²) in [5.41, 5.74) is 1.98. The van der Waals surface area contributed by atoms with Crippen LogP contribution in [-0.2, 0) is 7.05 Å². The fraction of sp³-hybridized carbons (Fsp3) is 0.200. The second kappa shape index (κ2) is 7.92. The highest BCUT2D eigenvalue weighted by Gasteiger charge is 2.19. The van der Waals surface area contributed by atoms with E-state index in [1.54, 1.807) is 37.6 Å². The predicted molar refractivity (Wildman–Crippen MR) is 115 cm³/mol. The number of aromatic nitrogens is 2. The van der Waals surface area contributed by atoms with Crippen molar-refractivity contribution < 1.29 is 4.92 Å². The van der Waals surface area contributed by atoms with Crippen molar-refractivity contribution in [2.75, 3.05) is 19.0 Å². The van der Waals surface area contributed by atoms with E-state index in [9.17, 15) is 14.9 Å². The van der Waals surface area contributed by atoms with Crippen LogP contribution < -0.4 is 10.5 Å². The first-order valence-electron chi connectivity index (χ1n) is 8.75. The van der Waals surface area contributed by atoms with Crippen LogP contribution in [0.1, 0.15) is 11.3 Å². The van der Waals surface area contributed by atoms with E-state index >= 15 is 0 Å². The number of nitro groups is 1. The Balaban J connectivity index is 2.09. The number of hydrogen-bond donors (Lipinski definition) is 0. The van der Waals surface area contributed by atoms with Crippen molar-refractivity contribution in [2.24, 2.45) is 12.0 Å². The quantitative estimate of drug-likeness (QED) is 0.361. The molecule has 0 aliphatic rings. The van der Waals surface area contributed by atoms with Crippen LogP contribution in [0.15, 0.2) is 52.3 Å². The lowest BCUT2D eigenvalue weighted by molar-refractivity contribution is -0.384. The minimum Gasteiger partial charge on any atom is -0.372 e. The van der Waals surface area contributed by atoms with Crippen molar-refractivity contribution in [3.05, 3.63) is 79.2 Å². The Hall–Kier alpha value is -3.39. The molecule has 1 aromatic heterocycles. The molecule has 150 valence electrons. The third kappa shape index (κ3) is 3.79. The van der Waals surface area contributed by atoms with Crippen LogP contribution in [0.4, 0.5) is 17.1 Å². The first-order valence-corrected chi connectivity index (χ1v) is 9.13. The molecule has 29 heavy (non-hydrogen) atoms. The fourth-order valence-corrected chi connectivity index (χ4v) is 3.21. The number of halogens is 1. The number of hydrogen-bond acceptors (Lipinski definition) is 5. The molecule has 8 nitrogen and oxygen atoms in total. The van der Waals surface area contributed by atoms with E-state index in [0.29, 0.717) is 27.7 Å². The zero-order valence-corrected chi connectivity index (χ0v) is 17.2. The van der Waals surface area contributed by atoms with Gasteiger partial charge in [-0.15, -0.1) is 0 Å². The summed E-state index contributed by atoms with van der Waals surface area (Å²) in [6, 6.07) is 12.1. The largest absolute Gasteiger partial charge is 0.372 e. The molecule has 0 atom stereocenters. The molecule has 0 unspecified atom stereocenters. The zero-order valence-electron chi connectivity index (χ0n) is 16.5. The van der Waals surface area contributed by atoms with Gasteiger partial charge < -0.3 is 4.90 Å². The van der Waals surface area contributed by atoms with E-state index in [1.165, 1.54) is 23.0 Å². The standard InChI is InChI=1S/C20H20ClN5O3/c1-13-19(20(27)25(24(13)4)15-8-6-5-7-9-15)22-12-14-10-18(26(28)29)17(23(2)3)11-16(14)21/h5-12H,1-4H3. The molecule has 3 aromatic rings. The molecule has 1 heterocycles. The van der Waals surface area contributed by atoms with Gasteiger partial charge in [0, 0.05) is 39.0 Å². The lowest BCUT2D eigenvalue weighted by atomic mass is 10.1. The Labute approximate surface area is 172 Å². The minimum absolute atomic E-state index is 0.0904. The molecule has 0 fully saturated rings. The molecule has 0 spiro atoms. The van der Waals surface area contributed by atoms with Gasteiger partial charge >= 0.3 is 0 Å². The first-order chi connectivity index (χ1) is 13.7. The summed E-state index contributed by atoms with van der Waals surface area (Å²) in [5.74, 6) is 0. The van der Waals surface area contributed by atoms with Crippen LogP contribution in [0.2, 0.25) is 5.02 Å². The molecule has 0 aliphatic carbocycles. The summed E-state index contributed by atoms with van der Waals surface area (Å²) in [4.78, 5) is 29.8. The highest BCUT2D eigenvalue weighted by Crippen LogP contribution is 2.32. The maximum absolute atomic E-state index is 12.9. The van der Waals surface area contributed by atoms with Gasteiger partial charge in [-0.1, -0.05) is 29.8 Å². The molecular weight excluding hydrogens is 394 g/mol. The summed E-state index contributed by atoms with van der Waals surface area (Å²) in [7, 11) is 5.17. The van der Waals surface area contributed by atoms with E-state index in [1.807, 2.05) is 30.3 Å². The average molecular weight is 414 g/mol. The first kappa shape index (κ1) is 20.3. The van der Waals surface area contributed by atoms with Crippen LogP contribution in [0.25, 0.3) is 5.69 Å². The molecule has 0 amide bonds. The number of nitrogens with zero attached hydrogens (tertiary/aromatic N) is 5. The monoisotopic (exact) mass is 413 g/mol. The third-order valence-electron chi connectivity index (χ3n) is 4.63. The SMILES string of the molecule is Cc1c(N=Cc2cc([N+](=O)[O-])c(N(C)C)cc2Cl)c(=O)n(-c2ccccc2)n1C. The molecule has 0 bridgehead atoms. The average Bonchev–Trinajstić information content (AvgIpc) is 2.89. The zero-order chi connectivity index (χ0) is 21.3. The number of benzene rings is 2. The Bertz CT molecular complexity index is 1160. The molecule has 9 heteroatoms. The number of anilines is 1.